The van der Waals surface area contributed by atoms with Crippen molar-refractivity contribution < 1.29 is 23.3 Å². The molecule has 24 heavy (non-hydrogen) atoms. The molecule has 0 aliphatic rings. The molecule has 0 spiro atoms. The second-order valence-corrected chi connectivity index (χ2v) is 8.09. The molecule has 0 heterocycles. The predicted octanol–water partition coefficient (Wildman–Crippen LogP) is 4.56. The Bertz CT molecular complexity index is 643. The van der Waals surface area contributed by atoms with E-state index in [0.717, 1.165) is 0 Å². The molecule has 7 nitrogen and oxygen atoms in total. The maximum atomic E-state index is 12.9. The molecule has 0 N–H and O–H groups in total. The van der Waals surface area contributed by atoms with Gasteiger partial charge in [-0.2, -0.15) is 0 Å². The topological polar surface area (TPSA) is 95.7 Å². The first-order valence-corrected chi connectivity index (χ1v) is 9.45. The Balaban J connectivity index is 3.04. The number of hydrogen-bond donors (Lipinski definition) is 0. The van der Waals surface area contributed by atoms with Gasteiger partial charge in [-0.15, -0.1) is 0 Å². The van der Waals surface area contributed by atoms with Gasteiger partial charge in [-0.05, 0) is 26.0 Å². The number of Topliss-reactive ketones (excluding diaryl/α,β-unsaturated/α-hetero) is 1. The van der Waals surface area contributed by atoms with Gasteiger partial charge in [-0.1, -0.05) is 23.7 Å². The second-order valence-electron chi connectivity index (χ2n) is 5.21. The Hall–Kier alpha value is -1.27. The van der Waals surface area contributed by atoms with Crippen LogP contribution in [0.25, 0.3) is 0 Å². The molecular weight excluding hydrogens is 357 g/mol. The lowest BCUT2D eigenvalue weighted by atomic mass is 10.0. The minimum Gasteiger partial charge on any atom is -0.304 e. The third kappa shape index (κ3) is 4.42. The summed E-state index contributed by atoms with van der Waals surface area (Å²) in [6.07, 6.45) is -0.493. The highest BCUT2D eigenvalue weighted by Gasteiger charge is 2.58. The SMILES string of the molecule is CCOP(=O)(OCC)C(C)(CCC(=O)c1ccccc1Cl)[N+](=O)[O-]. The van der Waals surface area contributed by atoms with E-state index in [4.69, 9.17) is 20.6 Å². The third-order valence-electron chi connectivity index (χ3n) is 3.58. The van der Waals surface area contributed by atoms with Crippen molar-refractivity contribution in [1.29, 1.82) is 0 Å². The molecule has 0 radical (unpaired) electrons. The molecule has 0 aromatic heterocycles. The van der Waals surface area contributed by atoms with Crippen molar-refractivity contribution in [3.8, 4) is 0 Å². The zero-order valence-electron chi connectivity index (χ0n) is 13.9. The van der Waals surface area contributed by atoms with E-state index < -0.39 is 17.8 Å². The van der Waals surface area contributed by atoms with Gasteiger partial charge in [0.25, 0.3) is 0 Å². The van der Waals surface area contributed by atoms with Gasteiger partial charge in [-0.25, -0.2) is 0 Å². The molecule has 0 saturated heterocycles. The van der Waals surface area contributed by atoms with E-state index in [1.807, 2.05) is 0 Å². The number of nitro groups is 1. The third-order valence-corrected chi connectivity index (χ3v) is 6.67. The van der Waals surface area contributed by atoms with Crippen LogP contribution in [-0.4, -0.2) is 29.2 Å². The van der Waals surface area contributed by atoms with Crippen LogP contribution >= 0.6 is 19.2 Å². The van der Waals surface area contributed by atoms with E-state index >= 15 is 0 Å². The van der Waals surface area contributed by atoms with Crippen LogP contribution in [0.1, 0.15) is 44.0 Å². The number of nitrogens with zero attached hydrogens (tertiary/aromatic N) is 1. The molecule has 1 atom stereocenters. The molecule has 9 heteroatoms. The van der Waals surface area contributed by atoms with Gasteiger partial charge in [0.2, 0.25) is 0 Å². The summed E-state index contributed by atoms with van der Waals surface area (Å²) in [4.78, 5) is 23.2. The van der Waals surface area contributed by atoms with E-state index in [0.29, 0.717) is 0 Å². The molecule has 1 rings (SSSR count). The lowest BCUT2D eigenvalue weighted by Crippen LogP contribution is -2.37. The lowest BCUT2D eigenvalue weighted by Gasteiger charge is -2.28. The minimum atomic E-state index is -4.04. The Morgan fingerprint density at radius 1 is 1.29 bits per heavy atom. The van der Waals surface area contributed by atoms with E-state index in [1.165, 1.54) is 6.92 Å². The molecule has 0 bridgehead atoms. The fourth-order valence-corrected chi connectivity index (χ4v) is 4.29. The van der Waals surface area contributed by atoms with Crippen molar-refractivity contribution in [2.45, 2.75) is 38.9 Å². The summed E-state index contributed by atoms with van der Waals surface area (Å²) < 4.78 is 23.1. The quantitative estimate of drug-likeness (QED) is 0.256. The van der Waals surface area contributed by atoms with Crippen LogP contribution in [0.3, 0.4) is 0 Å². The number of carbonyl (C=O) groups excluding carboxylic acids is 1. The first-order chi connectivity index (χ1) is 11.2. The summed E-state index contributed by atoms with van der Waals surface area (Å²) in [5, 5.41) is 9.82. The highest BCUT2D eigenvalue weighted by Crippen LogP contribution is 2.61. The summed E-state index contributed by atoms with van der Waals surface area (Å²) in [5.41, 5.74) is 0.271. The fourth-order valence-electron chi connectivity index (χ4n) is 2.16. The Labute approximate surface area is 146 Å². The van der Waals surface area contributed by atoms with Crippen LogP contribution in [0.15, 0.2) is 24.3 Å². The largest absolute Gasteiger partial charge is 0.406 e. The normalized spacial score (nSPS) is 14.2. The average Bonchev–Trinajstić information content (AvgIpc) is 2.52. The van der Waals surface area contributed by atoms with Gasteiger partial charge in [-0.3, -0.25) is 19.5 Å². The van der Waals surface area contributed by atoms with Gasteiger partial charge in [0.15, 0.2) is 5.78 Å². The maximum absolute atomic E-state index is 12.9. The fraction of sp³-hybridized carbons (Fsp3) is 0.533. The van der Waals surface area contributed by atoms with Crippen LogP contribution in [0.5, 0.6) is 0 Å². The number of rotatable bonds is 10. The summed E-state index contributed by atoms with van der Waals surface area (Å²) in [7, 11) is -4.04. The van der Waals surface area contributed by atoms with Crippen molar-refractivity contribution in [2.75, 3.05) is 13.2 Å². The Kier molecular flexibility index (Phi) is 7.55. The number of carbonyl (C=O) groups is 1. The molecule has 134 valence electrons. The van der Waals surface area contributed by atoms with Crippen LogP contribution < -0.4 is 0 Å². The monoisotopic (exact) mass is 377 g/mol. The van der Waals surface area contributed by atoms with Crippen LogP contribution in [0.2, 0.25) is 5.02 Å². The molecule has 0 saturated carbocycles. The van der Waals surface area contributed by atoms with Crippen molar-refractivity contribution in [3.05, 3.63) is 45.0 Å². The van der Waals surface area contributed by atoms with Crippen LogP contribution in [0.4, 0.5) is 0 Å². The zero-order valence-corrected chi connectivity index (χ0v) is 15.5. The molecule has 0 fully saturated rings. The Morgan fingerprint density at radius 2 is 1.83 bits per heavy atom. The summed E-state index contributed by atoms with van der Waals surface area (Å²) in [6.45, 7) is 4.32. The molecule has 1 aromatic rings. The predicted molar refractivity (Wildman–Crippen MR) is 91.3 cm³/mol. The van der Waals surface area contributed by atoms with Crippen molar-refractivity contribution >= 4 is 25.0 Å². The van der Waals surface area contributed by atoms with Crippen molar-refractivity contribution in [3.63, 3.8) is 0 Å². The zero-order chi connectivity index (χ0) is 18.4. The van der Waals surface area contributed by atoms with E-state index in [2.05, 4.69) is 0 Å². The lowest BCUT2D eigenvalue weighted by molar-refractivity contribution is -0.541. The first-order valence-electron chi connectivity index (χ1n) is 7.53. The molecule has 1 unspecified atom stereocenters. The molecule has 0 amide bonds. The van der Waals surface area contributed by atoms with E-state index in [1.54, 1.807) is 38.1 Å². The van der Waals surface area contributed by atoms with E-state index in [-0.39, 0.29) is 42.4 Å². The molecule has 0 aliphatic heterocycles. The van der Waals surface area contributed by atoms with Gasteiger partial charge >= 0.3 is 12.9 Å². The highest BCUT2D eigenvalue weighted by atomic mass is 35.5. The molecular formula is C15H21ClNO6P. The van der Waals surface area contributed by atoms with Crippen molar-refractivity contribution in [2.24, 2.45) is 0 Å². The smallest absolute Gasteiger partial charge is 0.304 e. The minimum absolute atomic E-state index is 0.000826. The first kappa shape index (κ1) is 20.8. The summed E-state index contributed by atoms with van der Waals surface area (Å²) in [6, 6.07) is 6.43. The molecule has 1 aromatic carbocycles. The van der Waals surface area contributed by atoms with Gasteiger partial charge in [0, 0.05) is 30.3 Å². The van der Waals surface area contributed by atoms with Crippen LogP contribution in [-0.2, 0) is 13.6 Å². The van der Waals surface area contributed by atoms with Crippen molar-refractivity contribution in [1.82, 2.24) is 0 Å². The number of hydrogen-bond acceptors (Lipinski definition) is 6. The number of ketones is 1. The van der Waals surface area contributed by atoms with Gasteiger partial charge in [0.05, 0.1) is 18.2 Å². The standard InChI is InChI=1S/C15H21ClNO6P/c1-4-22-24(21,23-5-2)15(3,17(19)20)11-10-14(18)12-8-6-7-9-13(12)16/h6-9H,4-5,10-11H2,1-3H3. The van der Waals surface area contributed by atoms with E-state index in [9.17, 15) is 19.5 Å². The second kappa shape index (κ2) is 8.72. The van der Waals surface area contributed by atoms with Gasteiger partial charge in [0.1, 0.15) is 0 Å². The molecule has 0 aliphatic carbocycles. The summed E-state index contributed by atoms with van der Waals surface area (Å²) in [5.74, 6) is -0.367. The highest BCUT2D eigenvalue weighted by molar-refractivity contribution is 7.55. The van der Waals surface area contributed by atoms with Crippen LogP contribution in [0, 0.1) is 10.1 Å². The number of benzene rings is 1. The summed E-state index contributed by atoms with van der Waals surface area (Å²) >= 11 is 5.96. The maximum Gasteiger partial charge on any atom is 0.406 e. The van der Waals surface area contributed by atoms with Gasteiger partial charge < -0.3 is 9.05 Å². The Morgan fingerprint density at radius 3 is 2.29 bits per heavy atom. The average molecular weight is 378 g/mol. The number of halogens is 1.